The molecule has 0 aliphatic heterocycles. The molecule has 3 aromatic carbocycles. The van der Waals surface area contributed by atoms with Crippen LogP contribution in [0.3, 0.4) is 0 Å². The Morgan fingerprint density at radius 3 is 1.58 bits per heavy atom. The third-order valence-electron chi connectivity index (χ3n) is 7.13. The van der Waals surface area contributed by atoms with Crippen molar-refractivity contribution in [1.82, 2.24) is 10.6 Å². The predicted molar refractivity (Wildman–Crippen MR) is 169 cm³/mol. The van der Waals surface area contributed by atoms with Crippen LogP contribution in [-0.2, 0) is 38.4 Å². The van der Waals surface area contributed by atoms with Crippen molar-refractivity contribution in [2.45, 2.75) is 44.2 Å². The lowest BCUT2D eigenvalue weighted by molar-refractivity contribution is -0.150. The summed E-state index contributed by atoms with van der Waals surface area (Å²) in [5, 5.41) is 15.7. The van der Waals surface area contributed by atoms with E-state index in [2.05, 4.69) is 23.8 Å². The van der Waals surface area contributed by atoms with Crippen molar-refractivity contribution in [3.63, 3.8) is 0 Å². The van der Waals surface area contributed by atoms with Gasteiger partial charge in [-0.1, -0.05) is 103 Å². The summed E-state index contributed by atoms with van der Waals surface area (Å²) in [6.45, 7) is 7.18. The van der Waals surface area contributed by atoms with Crippen LogP contribution in [0.1, 0.15) is 29.5 Å². The molecule has 0 heterocycles. The Hall–Kier alpha value is -4.49. The lowest BCUT2D eigenvalue weighted by atomic mass is 9.96. The van der Waals surface area contributed by atoms with Crippen LogP contribution in [0.15, 0.2) is 116 Å². The minimum atomic E-state index is -1.07. The Kier molecular flexibility index (Phi) is 13.9. The van der Waals surface area contributed by atoms with E-state index >= 15 is 0 Å². The molecule has 0 bridgehead atoms. The first-order valence-corrected chi connectivity index (χ1v) is 14.6. The standard InChI is InChI=1S/C36H42N2O5/c1-3-14-30(22-27-16-8-5-9-17-27)36(42)43-26-32(24-29-20-12-7-13-21-29)38-35(41)33(15-4-2)34(40)37-31(25-39)23-28-18-10-6-11-19-28/h3-13,16-21,30-33,39H,1-2,14-15,22-26H2,(H,37,40)(H,38,41)/t30-,31-,32+,33?/m1/s1. The van der Waals surface area contributed by atoms with Crippen LogP contribution in [0.5, 0.6) is 0 Å². The normalized spacial score (nSPS) is 13.5. The summed E-state index contributed by atoms with van der Waals surface area (Å²) in [5.41, 5.74) is 2.93. The van der Waals surface area contributed by atoms with Gasteiger partial charge in [0.15, 0.2) is 0 Å². The third-order valence-corrected chi connectivity index (χ3v) is 7.13. The van der Waals surface area contributed by atoms with Gasteiger partial charge in [-0.15, -0.1) is 13.2 Å². The fourth-order valence-corrected chi connectivity index (χ4v) is 4.88. The molecule has 0 fully saturated rings. The van der Waals surface area contributed by atoms with Gasteiger partial charge in [-0.05, 0) is 48.8 Å². The largest absolute Gasteiger partial charge is 0.463 e. The van der Waals surface area contributed by atoms with E-state index in [1.54, 1.807) is 6.08 Å². The first-order valence-electron chi connectivity index (χ1n) is 14.6. The van der Waals surface area contributed by atoms with Gasteiger partial charge in [0.2, 0.25) is 11.8 Å². The van der Waals surface area contributed by atoms with Crippen molar-refractivity contribution in [2.75, 3.05) is 13.2 Å². The smallest absolute Gasteiger partial charge is 0.309 e. The Balaban J connectivity index is 1.69. The molecule has 3 rings (SSSR count). The van der Waals surface area contributed by atoms with E-state index in [4.69, 9.17) is 4.74 Å². The van der Waals surface area contributed by atoms with E-state index in [-0.39, 0.29) is 25.6 Å². The van der Waals surface area contributed by atoms with Gasteiger partial charge in [-0.2, -0.15) is 0 Å². The third kappa shape index (κ3) is 11.4. The highest BCUT2D eigenvalue weighted by Gasteiger charge is 2.30. The lowest BCUT2D eigenvalue weighted by Gasteiger charge is -2.24. The molecular weight excluding hydrogens is 540 g/mol. The molecule has 0 radical (unpaired) electrons. The summed E-state index contributed by atoms with van der Waals surface area (Å²) in [5.74, 6) is -2.85. The van der Waals surface area contributed by atoms with Gasteiger partial charge in [-0.25, -0.2) is 0 Å². The molecule has 43 heavy (non-hydrogen) atoms. The number of hydrogen-bond donors (Lipinski definition) is 3. The fourth-order valence-electron chi connectivity index (χ4n) is 4.88. The Bertz CT molecular complexity index is 1300. The predicted octanol–water partition coefficient (Wildman–Crippen LogP) is 4.60. The van der Waals surface area contributed by atoms with Crippen molar-refractivity contribution in [2.24, 2.45) is 11.8 Å². The van der Waals surface area contributed by atoms with Gasteiger partial charge in [0.05, 0.1) is 24.6 Å². The maximum Gasteiger partial charge on any atom is 0.309 e. The molecular formula is C36H42N2O5. The average molecular weight is 583 g/mol. The number of nitrogens with one attached hydrogen (secondary N) is 2. The number of amides is 2. The number of hydrogen-bond acceptors (Lipinski definition) is 5. The first-order chi connectivity index (χ1) is 20.9. The number of esters is 1. The van der Waals surface area contributed by atoms with Crippen LogP contribution in [0.25, 0.3) is 0 Å². The Morgan fingerprint density at radius 1 is 0.674 bits per heavy atom. The molecule has 0 aliphatic rings. The summed E-state index contributed by atoms with van der Waals surface area (Å²) in [6.07, 6.45) is 5.13. The fraction of sp³-hybridized carbons (Fsp3) is 0.306. The second kappa shape index (κ2) is 18.1. The number of aliphatic hydroxyl groups excluding tert-OH is 1. The summed E-state index contributed by atoms with van der Waals surface area (Å²) in [6, 6.07) is 27.7. The lowest BCUT2D eigenvalue weighted by Crippen LogP contribution is -2.50. The quantitative estimate of drug-likeness (QED) is 0.116. The zero-order valence-electron chi connectivity index (χ0n) is 24.6. The van der Waals surface area contributed by atoms with Crippen molar-refractivity contribution in [3.05, 3.63) is 133 Å². The second-order valence-electron chi connectivity index (χ2n) is 10.6. The van der Waals surface area contributed by atoms with Gasteiger partial charge in [0.1, 0.15) is 12.5 Å². The molecule has 0 spiro atoms. The SMILES string of the molecule is C=CCC(C(=O)N[C@H](COC(=O)[C@H](CC=C)Cc1ccccc1)Cc1ccccc1)C(=O)N[C@@H](CO)Cc1ccccc1. The van der Waals surface area contributed by atoms with Gasteiger partial charge >= 0.3 is 5.97 Å². The van der Waals surface area contributed by atoms with E-state index in [0.29, 0.717) is 25.7 Å². The zero-order valence-corrected chi connectivity index (χ0v) is 24.6. The highest BCUT2D eigenvalue weighted by molar-refractivity contribution is 6.00. The number of rotatable bonds is 18. The van der Waals surface area contributed by atoms with Gasteiger partial charge < -0.3 is 20.5 Å². The van der Waals surface area contributed by atoms with Crippen LogP contribution < -0.4 is 10.6 Å². The number of aliphatic hydroxyl groups is 1. The summed E-state index contributed by atoms with van der Waals surface area (Å²) >= 11 is 0. The van der Waals surface area contributed by atoms with Crippen molar-refractivity contribution in [3.8, 4) is 0 Å². The monoisotopic (exact) mass is 582 g/mol. The molecule has 226 valence electrons. The number of benzene rings is 3. The van der Waals surface area contributed by atoms with Crippen LogP contribution in [0.4, 0.5) is 0 Å². The summed E-state index contributed by atoms with van der Waals surface area (Å²) < 4.78 is 5.76. The van der Waals surface area contributed by atoms with E-state index < -0.39 is 35.7 Å². The van der Waals surface area contributed by atoms with Crippen LogP contribution >= 0.6 is 0 Å². The highest BCUT2D eigenvalue weighted by atomic mass is 16.5. The minimum absolute atomic E-state index is 0.0579. The maximum atomic E-state index is 13.5. The van der Waals surface area contributed by atoms with Gasteiger partial charge in [0, 0.05) is 0 Å². The second-order valence-corrected chi connectivity index (χ2v) is 10.6. The van der Waals surface area contributed by atoms with E-state index in [1.165, 1.54) is 6.08 Å². The molecule has 3 aromatic rings. The zero-order chi connectivity index (χ0) is 30.9. The van der Waals surface area contributed by atoms with Gasteiger partial charge in [0.25, 0.3) is 0 Å². The first kappa shape index (κ1) is 33.0. The molecule has 0 aromatic heterocycles. The molecule has 7 heteroatoms. The molecule has 0 saturated heterocycles. The van der Waals surface area contributed by atoms with Gasteiger partial charge in [-0.3, -0.25) is 14.4 Å². The minimum Gasteiger partial charge on any atom is -0.463 e. The van der Waals surface area contributed by atoms with Crippen molar-refractivity contribution < 1.29 is 24.2 Å². The van der Waals surface area contributed by atoms with E-state index in [9.17, 15) is 19.5 Å². The van der Waals surface area contributed by atoms with Crippen molar-refractivity contribution in [1.29, 1.82) is 0 Å². The highest BCUT2D eigenvalue weighted by Crippen LogP contribution is 2.16. The number of carbonyl (C=O) groups excluding carboxylic acids is 3. The van der Waals surface area contributed by atoms with Crippen molar-refractivity contribution >= 4 is 17.8 Å². The number of ether oxygens (including phenoxy) is 1. The van der Waals surface area contributed by atoms with E-state index in [1.807, 2.05) is 91.0 Å². The summed E-state index contributed by atoms with van der Waals surface area (Å²) in [7, 11) is 0. The van der Waals surface area contributed by atoms with Crippen LogP contribution in [0.2, 0.25) is 0 Å². The molecule has 3 N–H and O–H groups in total. The van der Waals surface area contributed by atoms with Crippen LogP contribution in [0, 0.1) is 11.8 Å². The number of carbonyl (C=O) groups is 3. The topological polar surface area (TPSA) is 105 Å². The van der Waals surface area contributed by atoms with Crippen LogP contribution in [-0.4, -0.2) is 48.2 Å². The molecule has 2 amide bonds. The Morgan fingerprint density at radius 2 is 1.12 bits per heavy atom. The summed E-state index contributed by atoms with van der Waals surface area (Å²) in [4.78, 5) is 39.9. The maximum absolute atomic E-state index is 13.5. The Labute approximate surface area is 254 Å². The molecule has 4 atom stereocenters. The van der Waals surface area contributed by atoms with E-state index in [0.717, 1.165) is 16.7 Å². The number of allylic oxidation sites excluding steroid dienone is 2. The molecule has 1 unspecified atom stereocenters. The average Bonchev–Trinajstić information content (AvgIpc) is 3.03. The molecule has 0 saturated carbocycles. The molecule has 7 nitrogen and oxygen atoms in total. The molecule has 0 aliphatic carbocycles.